The molecule has 1 unspecified atom stereocenters. The van der Waals surface area contributed by atoms with Crippen LogP contribution in [0.3, 0.4) is 0 Å². The maximum Gasteiger partial charge on any atom is 0.279 e. The third-order valence-electron chi connectivity index (χ3n) is 4.37. The van der Waals surface area contributed by atoms with Crippen molar-refractivity contribution in [1.82, 2.24) is 14.3 Å². The lowest BCUT2D eigenvalue weighted by atomic mass is 9.91. The van der Waals surface area contributed by atoms with Crippen LogP contribution in [0.4, 0.5) is 0 Å². The van der Waals surface area contributed by atoms with Crippen molar-refractivity contribution in [3.05, 3.63) is 0 Å². The maximum absolute atomic E-state index is 12.4. The van der Waals surface area contributed by atoms with Crippen molar-refractivity contribution in [2.45, 2.75) is 53.4 Å². The first-order chi connectivity index (χ1) is 9.80. The predicted octanol–water partition coefficient (Wildman–Crippen LogP) is 1.97. The molecule has 6 heteroatoms. The third kappa shape index (κ3) is 6.63. The summed E-state index contributed by atoms with van der Waals surface area (Å²) in [7, 11) is -3.33. The Kier molecular flexibility index (Phi) is 7.60. The molecule has 2 N–H and O–H groups in total. The van der Waals surface area contributed by atoms with Crippen LogP contribution in [0.2, 0.25) is 0 Å². The van der Waals surface area contributed by atoms with Crippen LogP contribution in [-0.4, -0.2) is 45.4 Å². The van der Waals surface area contributed by atoms with Crippen molar-refractivity contribution < 1.29 is 8.42 Å². The van der Waals surface area contributed by atoms with Crippen molar-refractivity contribution in [2.24, 2.45) is 11.3 Å². The fourth-order valence-corrected chi connectivity index (χ4v) is 3.93. The molecule has 1 heterocycles. The second kappa shape index (κ2) is 8.46. The number of rotatable bonds is 9. The number of nitrogens with one attached hydrogen (secondary N) is 2. The summed E-state index contributed by atoms with van der Waals surface area (Å²) in [5.74, 6) is 0.432. The molecule has 0 aliphatic carbocycles. The predicted molar refractivity (Wildman–Crippen MR) is 88.5 cm³/mol. The van der Waals surface area contributed by atoms with Gasteiger partial charge in [0, 0.05) is 19.6 Å². The molecule has 0 aromatic carbocycles. The molecule has 0 radical (unpaired) electrons. The van der Waals surface area contributed by atoms with Gasteiger partial charge in [-0.25, -0.2) is 4.72 Å². The standard InChI is InChI=1S/C15H33N3O2S/c1-5-9-16-11-14-8-7-10-18(12-14)21(19,20)17-13-15(3,4)6-2/h14,16-17H,5-13H2,1-4H3. The van der Waals surface area contributed by atoms with E-state index in [0.29, 0.717) is 25.6 Å². The lowest BCUT2D eigenvalue weighted by Gasteiger charge is -2.33. The molecule has 0 aromatic heterocycles. The van der Waals surface area contributed by atoms with Gasteiger partial charge in [0.1, 0.15) is 0 Å². The quantitative estimate of drug-likeness (QED) is 0.639. The normalized spacial score (nSPS) is 21.6. The highest BCUT2D eigenvalue weighted by Crippen LogP contribution is 2.21. The van der Waals surface area contributed by atoms with Crippen LogP contribution in [0.25, 0.3) is 0 Å². The zero-order valence-electron chi connectivity index (χ0n) is 14.1. The second-order valence-corrected chi connectivity index (χ2v) is 8.67. The monoisotopic (exact) mass is 319 g/mol. The molecular weight excluding hydrogens is 286 g/mol. The smallest absolute Gasteiger partial charge is 0.279 e. The first kappa shape index (κ1) is 18.9. The third-order valence-corrected chi connectivity index (χ3v) is 5.89. The van der Waals surface area contributed by atoms with E-state index in [1.807, 2.05) is 0 Å². The van der Waals surface area contributed by atoms with Gasteiger partial charge in [-0.05, 0) is 50.1 Å². The lowest BCUT2D eigenvalue weighted by Crippen LogP contribution is -2.49. The van der Waals surface area contributed by atoms with Crippen LogP contribution in [-0.2, 0) is 10.2 Å². The molecule has 1 atom stereocenters. The average Bonchev–Trinajstić information content (AvgIpc) is 2.46. The molecule has 1 fully saturated rings. The fraction of sp³-hybridized carbons (Fsp3) is 1.00. The number of piperidine rings is 1. The van der Waals surface area contributed by atoms with Gasteiger partial charge in [-0.15, -0.1) is 0 Å². The molecule has 126 valence electrons. The van der Waals surface area contributed by atoms with E-state index in [9.17, 15) is 8.42 Å². The molecule has 21 heavy (non-hydrogen) atoms. The van der Waals surface area contributed by atoms with Crippen LogP contribution in [0.5, 0.6) is 0 Å². The summed E-state index contributed by atoms with van der Waals surface area (Å²) in [6.07, 6.45) is 4.14. The Hall–Kier alpha value is -0.170. The highest BCUT2D eigenvalue weighted by Gasteiger charge is 2.29. The Bertz CT molecular complexity index is 396. The molecule has 0 saturated carbocycles. The zero-order chi connectivity index (χ0) is 15.9. The summed E-state index contributed by atoms with van der Waals surface area (Å²) in [6.45, 7) is 12.1. The van der Waals surface area contributed by atoms with Gasteiger partial charge in [0.25, 0.3) is 10.2 Å². The van der Waals surface area contributed by atoms with Gasteiger partial charge in [0.2, 0.25) is 0 Å². The van der Waals surface area contributed by atoms with Gasteiger partial charge < -0.3 is 5.32 Å². The number of hydrogen-bond donors (Lipinski definition) is 2. The Morgan fingerprint density at radius 1 is 1.29 bits per heavy atom. The summed E-state index contributed by atoms with van der Waals surface area (Å²) in [5, 5.41) is 3.40. The van der Waals surface area contributed by atoms with E-state index in [-0.39, 0.29) is 5.41 Å². The van der Waals surface area contributed by atoms with Crippen LogP contribution in [0, 0.1) is 11.3 Å². The van der Waals surface area contributed by atoms with Crippen molar-refractivity contribution in [1.29, 1.82) is 0 Å². The topological polar surface area (TPSA) is 61.4 Å². The average molecular weight is 320 g/mol. The first-order valence-corrected chi connectivity index (χ1v) is 9.70. The van der Waals surface area contributed by atoms with E-state index in [0.717, 1.165) is 38.8 Å². The first-order valence-electron chi connectivity index (χ1n) is 8.26. The number of nitrogens with zero attached hydrogens (tertiary/aromatic N) is 1. The van der Waals surface area contributed by atoms with Crippen molar-refractivity contribution in [3.8, 4) is 0 Å². The van der Waals surface area contributed by atoms with Crippen LogP contribution in [0.1, 0.15) is 53.4 Å². The minimum Gasteiger partial charge on any atom is -0.316 e. The van der Waals surface area contributed by atoms with Gasteiger partial charge >= 0.3 is 0 Å². The second-order valence-electron chi connectivity index (χ2n) is 6.91. The van der Waals surface area contributed by atoms with E-state index in [1.165, 1.54) is 0 Å². The van der Waals surface area contributed by atoms with Crippen LogP contribution < -0.4 is 10.0 Å². The summed E-state index contributed by atoms with van der Waals surface area (Å²) in [4.78, 5) is 0. The Balaban J connectivity index is 2.50. The van der Waals surface area contributed by atoms with Gasteiger partial charge in [0.15, 0.2) is 0 Å². The summed E-state index contributed by atoms with van der Waals surface area (Å²) in [6, 6.07) is 0. The largest absolute Gasteiger partial charge is 0.316 e. The van der Waals surface area contributed by atoms with Crippen molar-refractivity contribution in [3.63, 3.8) is 0 Å². The molecule has 1 saturated heterocycles. The molecular formula is C15H33N3O2S. The highest BCUT2D eigenvalue weighted by atomic mass is 32.2. The molecule has 0 spiro atoms. The van der Waals surface area contributed by atoms with Crippen LogP contribution in [0.15, 0.2) is 0 Å². The molecule has 1 aliphatic rings. The van der Waals surface area contributed by atoms with E-state index in [4.69, 9.17) is 0 Å². The molecule has 0 bridgehead atoms. The minimum atomic E-state index is -3.33. The van der Waals surface area contributed by atoms with Gasteiger partial charge in [-0.2, -0.15) is 12.7 Å². The minimum absolute atomic E-state index is 0.00490. The van der Waals surface area contributed by atoms with Crippen molar-refractivity contribution in [2.75, 3.05) is 32.7 Å². The molecule has 5 nitrogen and oxygen atoms in total. The Morgan fingerprint density at radius 2 is 2.00 bits per heavy atom. The van der Waals surface area contributed by atoms with Gasteiger partial charge in [-0.1, -0.05) is 27.7 Å². The van der Waals surface area contributed by atoms with E-state index in [1.54, 1.807) is 4.31 Å². The maximum atomic E-state index is 12.4. The summed E-state index contributed by atoms with van der Waals surface area (Å²) < 4.78 is 29.2. The Labute approximate surface area is 131 Å². The SMILES string of the molecule is CCCNCC1CCCN(S(=O)(=O)NCC(C)(C)CC)C1. The summed E-state index contributed by atoms with van der Waals surface area (Å²) in [5.41, 5.74) is 0.00490. The van der Waals surface area contributed by atoms with E-state index in [2.05, 4.69) is 37.7 Å². The van der Waals surface area contributed by atoms with Crippen LogP contribution >= 0.6 is 0 Å². The number of hydrogen-bond acceptors (Lipinski definition) is 3. The lowest BCUT2D eigenvalue weighted by molar-refractivity contribution is 0.254. The molecule has 1 rings (SSSR count). The zero-order valence-corrected chi connectivity index (χ0v) is 14.9. The summed E-state index contributed by atoms with van der Waals surface area (Å²) >= 11 is 0. The molecule has 0 aromatic rings. The van der Waals surface area contributed by atoms with Gasteiger partial charge in [-0.3, -0.25) is 0 Å². The van der Waals surface area contributed by atoms with E-state index >= 15 is 0 Å². The highest BCUT2D eigenvalue weighted by molar-refractivity contribution is 7.87. The van der Waals surface area contributed by atoms with E-state index < -0.39 is 10.2 Å². The Morgan fingerprint density at radius 3 is 2.62 bits per heavy atom. The fourth-order valence-electron chi connectivity index (χ4n) is 2.40. The van der Waals surface area contributed by atoms with Crippen molar-refractivity contribution >= 4 is 10.2 Å². The molecule has 1 aliphatic heterocycles. The molecule has 0 amide bonds. The van der Waals surface area contributed by atoms with Gasteiger partial charge in [0.05, 0.1) is 0 Å².